The predicted octanol–water partition coefficient (Wildman–Crippen LogP) is 2.71. The monoisotopic (exact) mass is 300 g/mol. The Morgan fingerprint density at radius 3 is 2.64 bits per heavy atom. The summed E-state index contributed by atoms with van der Waals surface area (Å²) in [4.78, 5) is 16.5. The van der Waals surface area contributed by atoms with Crippen molar-refractivity contribution in [3.63, 3.8) is 0 Å². The number of benzene rings is 1. The number of aliphatic hydroxyl groups excluding tert-OH is 1. The number of aliphatic hydroxyl groups is 1. The van der Waals surface area contributed by atoms with Gasteiger partial charge in [0.1, 0.15) is 5.75 Å². The van der Waals surface area contributed by atoms with Gasteiger partial charge >= 0.3 is 0 Å². The Balaban J connectivity index is 2.17. The number of amides is 1. The van der Waals surface area contributed by atoms with E-state index in [1.54, 1.807) is 25.6 Å². The Hall–Kier alpha value is -2.40. The zero-order valence-corrected chi connectivity index (χ0v) is 12.7. The van der Waals surface area contributed by atoms with Crippen molar-refractivity contribution in [2.24, 2.45) is 0 Å². The third-order valence-corrected chi connectivity index (χ3v) is 3.58. The molecule has 1 aromatic heterocycles. The Morgan fingerprint density at radius 2 is 2.05 bits per heavy atom. The molecule has 5 heteroatoms. The van der Waals surface area contributed by atoms with E-state index in [1.807, 2.05) is 31.2 Å². The molecule has 2 N–H and O–H groups in total. The Kier molecular flexibility index (Phi) is 5.49. The van der Waals surface area contributed by atoms with Gasteiger partial charge in [0, 0.05) is 11.8 Å². The molecule has 1 atom stereocenters. The standard InChI is InChI=1S/C17H20N2O3/c1-3-15(12-4-6-14(22-2)7-5-12)17(21)19-16-10-18-9-8-13(16)11-20/h4-10,15,20H,3,11H2,1-2H3,(H,19,21). The highest BCUT2D eigenvalue weighted by molar-refractivity contribution is 5.96. The highest BCUT2D eigenvalue weighted by Crippen LogP contribution is 2.24. The number of aromatic nitrogens is 1. The molecule has 116 valence electrons. The lowest BCUT2D eigenvalue weighted by Crippen LogP contribution is -2.21. The van der Waals surface area contributed by atoms with E-state index < -0.39 is 0 Å². The van der Waals surface area contributed by atoms with E-state index in [2.05, 4.69) is 10.3 Å². The zero-order valence-electron chi connectivity index (χ0n) is 12.7. The molecular weight excluding hydrogens is 280 g/mol. The summed E-state index contributed by atoms with van der Waals surface area (Å²) in [7, 11) is 1.61. The van der Waals surface area contributed by atoms with E-state index >= 15 is 0 Å². The zero-order chi connectivity index (χ0) is 15.9. The highest BCUT2D eigenvalue weighted by atomic mass is 16.5. The molecule has 0 saturated heterocycles. The molecule has 2 aromatic rings. The smallest absolute Gasteiger partial charge is 0.231 e. The average molecular weight is 300 g/mol. The molecule has 0 radical (unpaired) electrons. The number of carbonyl (C=O) groups is 1. The van der Waals surface area contributed by atoms with Crippen LogP contribution in [0.25, 0.3) is 0 Å². The van der Waals surface area contributed by atoms with E-state index in [1.165, 1.54) is 0 Å². The number of nitrogens with one attached hydrogen (secondary N) is 1. The maximum absolute atomic E-state index is 12.5. The number of ether oxygens (including phenoxy) is 1. The van der Waals surface area contributed by atoms with Gasteiger partial charge in [-0.1, -0.05) is 19.1 Å². The summed E-state index contributed by atoms with van der Waals surface area (Å²) in [6.07, 6.45) is 3.80. The molecule has 1 aromatic carbocycles. The number of hydrogen-bond acceptors (Lipinski definition) is 4. The Labute approximate surface area is 130 Å². The van der Waals surface area contributed by atoms with Gasteiger partial charge in [-0.2, -0.15) is 0 Å². The first-order valence-electron chi connectivity index (χ1n) is 7.18. The van der Waals surface area contributed by atoms with Gasteiger partial charge in [-0.05, 0) is 30.2 Å². The molecule has 0 bridgehead atoms. The summed E-state index contributed by atoms with van der Waals surface area (Å²) in [6.45, 7) is 1.82. The SMILES string of the molecule is CCC(C(=O)Nc1cnccc1CO)c1ccc(OC)cc1. The molecule has 22 heavy (non-hydrogen) atoms. The van der Waals surface area contributed by atoms with Gasteiger partial charge in [-0.3, -0.25) is 9.78 Å². The number of hydrogen-bond donors (Lipinski definition) is 2. The number of nitrogens with zero attached hydrogens (tertiary/aromatic N) is 1. The first-order valence-corrected chi connectivity index (χ1v) is 7.18. The van der Waals surface area contributed by atoms with Gasteiger partial charge in [0.15, 0.2) is 0 Å². The summed E-state index contributed by atoms with van der Waals surface area (Å²) in [5.74, 6) is 0.377. The molecule has 0 aliphatic carbocycles. The minimum atomic E-state index is -0.266. The van der Waals surface area contributed by atoms with Crippen molar-refractivity contribution in [3.05, 3.63) is 53.9 Å². The molecular formula is C17H20N2O3. The van der Waals surface area contributed by atoms with Crippen LogP contribution in [0.3, 0.4) is 0 Å². The Morgan fingerprint density at radius 1 is 1.32 bits per heavy atom. The van der Waals surface area contributed by atoms with E-state index in [-0.39, 0.29) is 18.4 Å². The van der Waals surface area contributed by atoms with Crippen molar-refractivity contribution in [2.45, 2.75) is 25.9 Å². The van der Waals surface area contributed by atoms with Crippen LogP contribution in [0.1, 0.15) is 30.4 Å². The lowest BCUT2D eigenvalue weighted by molar-refractivity contribution is -0.117. The lowest BCUT2D eigenvalue weighted by Gasteiger charge is -2.17. The molecule has 1 unspecified atom stereocenters. The van der Waals surface area contributed by atoms with Crippen molar-refractivity contribution >= 4 is 11.6 Å². The fraction of sp³-hybridized carbons (Fsp3) is 0.294. The number of rotatable bonds is 6. The molecule has 2 rings (SSSR count). The molecule has 0 aliphatic rings. The first-order chi connectivity index (χ1) is 10.7. The summed E-state index contributed by atoms with van der Waals surface area (Å²) >= 11 is 0. The minimum Gasteiger partial charge on any atom is -0.497 e. The van der Waals surface area contributed by atoms with Crippen LogP contribution in [0.15, 0.2) is 42.7 Å². The largest absolute Gasteiger partial charge is 0.497 e. The third kappa shape index (κ3) is 3.62. The molecule has 1 amide bonds. The second kappa shape index (κ2) is 7.56. The van der Waals surface area contributed by atoms with Crippen molar-refractivity contribution < 1.29 is 14.6 Å². The summed E-state index contributed by atoms with van der Waals surface area (Å²) < 4.78 is 5.13. The van der Waals surface area contributed by atoms with Crippen LogP contribution >= 0.6 is 0 Å². The van der Waals surface area contributed by atoms with Crippen molar-refractivity contribution in [1.29, 1.82) is 0 Å². The Bertz CT molecular complexity index is 626. The molecule has 5 nitrogen and oxygen atoms in total. The maximum Gasteiger partial charge on any atom is 0.231 e. The molecule has 1 heterocycles. The number of pyridine rings is 1. The third-order valence-electron chi connectivity index (χ3n) is 3.58. The minimum absolute atomic E-state index is 0.115. The van der Waals surface area contributed by atoms with Gasteiger partial charge in [0.25, 0.3) is 0 Å². The molecule has 0 fully saturated rings. The fourth-order valence-electron chi connectivity index (χ4n) is 2.30. The van der Waals surface area contributed by atoms with Crippen molar-refractivity contribution in [3.8, 4) is 5.75 Å². The summed E-state index contributed by atoms with van der Waals surface area (Å²) in [5, 5.41) is 12.2. The van der Waals surface area contributed by atoms with E-state index in [0.29, 0.717) is 17.7 Å². The van der Waals surface area contributed by atoms with Crippen LogP contribution in [0.2, 0.25) is 0 Å². The second-order valence-corrected chi connectivity index (χ2v) is 4.91. The van der Waals surface area contributed by atoms with E-state index in [4.69, 9.17) is 4.74 Å². The number of anilines is 1. The van der Waals surface area contributed by atoms with Crippen LogP contribution in [0.4, 0.5) is 5.69 Å². The lowest BCUT2D eigenvalue weighted by atomic mass is 9.95. The van der Waals surface area contributed by atoms with Crippen molar-refractivity contribution in [1.82, 2.24) is 4.98 Å². The van der Waals surface area contributed by atoms with Gasteiger partial charge < -0.3 is 15.2 Å². The van der Waals surface area contributed by atoms with Gasteiger partial charge in [0.05, 0.1) is 31.5 Å². The normalized spacial score (nSPS) is 11.8. The van der Waals surface area contributed by atoms with Crippen LogP contribution in [-0.4, -0.2) is 23.1 Å². The summed E-state index contributed by atoms with van der Waals surface area (Å²) in [5.41, 5.74) is 2.12. The summed E-state index contributed by atoms with van der Waals surface area (Å²) in [6, 6.07) is 9.15. The topological polar surface area (TPSA) is 71.5 Å². The quantitative estimate of drug-likeness (QED) is 0.860. The highest BCUT2D eigenvalue weighted by Gasteiger charge is 2.19. The van der Waals surface area contributed by atoms with E-state index in [0.717, 1.165) is 11.3 Å². The van der Waals surface area contributed by atoms with Crippen LogP contribution < -0.4 is 10.1 Å². The fourth-order valence-corrected chi connectivity index (χ4v) is 2.30. The molecule has 0 aliphatic heterocycles. The first kappa shape index (κ1) is 16.0. The van der Waals surface area contributed by atoms with Gasteiger partial charge in [0.2, 0.25) is 5.91 Å². The average Bonchev–Trinajstić information content (AvgIpc) is 2.56. The molecule has 0 spiro atoms. The van der Waals surface area contributed by atoms with Crippen molar-refractivity contribution in [2.75, 3.05) is 12.4 Å². The second-order valence-electron chi connectivity index (χ2n) is 4.91. The maximum atomic E-state index is 12.5. The van der Waals surface area contributed by atoms with Crippen LogP contribution in [0.5, 0.6) is 5.75 Å². The predicted molar refractivity (Wildman–Crippen MR) is 84.8 cm³/mol. The van der Waals surface area contributed by atoms with Crippen LogP contribution in [0, 0.1) is 0 Å². The van der Waals surface area contributed by atoms with Gasteiger partial charge in [-0.15, -0.1) is 0 Å². The van der Waals surface area contributed by atoms with E-state index in [9.17, 15) is 9.90 Å². The number of carbonyl (C=O) groups excluding carboxylic acids is 1. The van der Waals surface area contributed by atoms with Crippen LogP contribution in [-0.2, 0) is 11.4 Å². The van der Waals surface area contributed by atoms with Gasteiger partial charge in [-0.25, -0.2) is 0 Å². The molecule has 0 saturated carbocycles. The number of methoxy groups -OCH3 is 1.